The molecule has 0 aliphatic carbocycles. The Kier molecular flexibility index (Phi) is 6.53. The number of benzene rings is 2. The summed E-state index contributed by atoms with van der Waals surface area (Å²) in [7, 11) is 1.37. The molecule has 0 saturated carbocycles. The lowest BCUT2D eigenvalue weighted by Gasteiger charge is -2.33. The van der Waals surface area contributed by atoms with Gasteiger partial charge in [0.05, 0.1) is 29.5 Å². The summed E-state index contributed by atoms with van der Waals surface area (Å²) in [5, 5.41) is 7.84. The van der Waals surface area contributed by atoms with Crippen LogP contribution in [0.3, 0.4) is 0 Å². The van der Waals surface area contributed by atoms with Gasteiger partial charge in [-0.2, -0.15) is 0 Å². The fourth-order valence-corrected chi connectivity index (χ4v) is 4.16. The van der Waals surface area contributed by atoms with Crippen LogP contribution in [0.25, 0.3) is 11.0 Å². The van der Waals surface area contributed by atoms with Gasteiger partial charge >= 0.3 is 5.97 Å². The molecule has 4 rings (SSSR count). The number of hydrogen-bond acceptors (Lipinski definition) is 6. The molecule has 0 spiro atoms. The molecule has 0 radical (unpaired) electrons. The number of hydrogen-bond donors (Lipinski definition) is 2. The van der Waals surface area contributed by atoms with E-state index in [2.05, 4.69) is 14.9 Å². The van der Waals surface area contributed by atoms with Gasteiger partial charge in [-0.25, -0.2) is 9.78 Å². The second-order valence-corrected chi connectivity index (χ2v) is 8.41. The Labute approximate surface area is 193 Å². The molecule has 1 saturated heterocycles. The Morgan fingerprint density at radius 2 is 1.91 bits per heavy atom. The molecule has 1 fully saturated rings. The number of H-pyrrole nitrogens is 1. The highest BCUT2D eigenvalue weighted by Gasteiger charge is 2.24. The molecule has 2 N–H and O–H groups in total. The maximum atomic E-state index is 11.7. The number of likely N-dealkylation sites (tertiary alicyclic amines) is 1. The number of ether oxygens (including phenoxy) is 3. The quantitative estimate of drug-likeness (QED) is 0.328. The number of fused-ring (bicyclic) bond motifs is 1. The number of aromatic amines is 1. The van der Waals surface area contributed by atoms with Crippen molar-refractivity contribution in [2.45, 2.75) is 46.3 Å². The molecule has 1 aromatic heterocycles. The number of imidazole rings is 1. The molecule has 8 nitrogen and oxygen atoms in total. The van der Waals surface area contributed by atoms with Gasteiger partial charge in [-0.05, 0) is 38.5 Å². The van der Waals surface area contributed by atoms with E-state index in [0.29, 0.717) is 29.5 Å². The van der Waals surface area contributed by atoms with Gasteiger partial charge in [-0.1, -0.05) is 12.1 Å². The van der Waals surface area contributed by atoms with E-state index in [9.17, 15) is 4.79 Å². The number of amidine groups is 1. The zero-order valence-electron chi connectivity index (χ0n) is 19.5. The molecular formula is C25H30N4O4. The first-order chi connectivity index (χ1) is 15.9. The number of aromatic nitrogens is 2. The molecule has 0 atom stereocenters. The smallest absolute Gasteiger partial charge is 0.337 e. The summed E-state index contributed by atoms with van der Waals surface area (Å²) in [6, 6.07) is 9.14. The van der Waals surface area contributed by atoms with Gasteiger partial charge in [-0.3, -0.25) is 5.41 Å². The predicted molar refractivity (Wildman–Crippen MR) is 126 cm³/mol. The van der Waals surface area contributed by atoms with Crippen molar-refractivity contribution in [2.75, 3.05) is 20.2 Å². The SMILES string of the molecule is COC(=O)c1ccc(COc2c(OC3CCN(C(C)=N)CC3)cc3[nH]c(C)nc3c2C)cc1. The first-order valence-electron chi connectivity index (χ1n) is 11.1. The van der Waals surface area contributed by atoms with Crippen LogP contribution < -0.4 is 9.47 Å². The third-order valence-electron chi connectivity index (χ3n) is 6.01. The number of carbonyl (C=O) groups is 1. The molecule has 2 aromatic carbocycles. The number of esters is 1. The topological polar surface area (TPSA) is 101 Å². The van der Waals surface area contributed by atoms with Gasteiger partial charge in [0.15, 0.2) is 11.5 Å². The molecule has 0 bridgehead atoms. The average Bonchev–Trinajstić information content (AvgIpc) is 3.19. The van der Waals surface area contributed by atoms with E-state index in [1.54, 1.807) is 12.1 Å². The number of carbonyl (C=O) groups excluding carboxylic acids is 1. The average molecular weight is 451 g/mol. The van der Waals surface area contributed by atoms with Gasteiger partial charge < -0.3 is 24.1 Å². The van der Waals surface area contributed by atoms with Crippen molar-refractivity contribution in [3.8, 4) is 11.5 Å². The highest BCUT2D eigenvalue weighted by atomic mass is 16.5. The van der Waals surface area contributed by atoms with Crippen molar-refractivity contribution in [1.82, 2.24) is 14.9 Å². The monoisotopic (exact) mass is 450 g/mol. The van der Waals surface area contributed by atoms with Crippen molar-refractivity contribution >= 4 is 22.8 Å². The van der Waals surface area contributed by atoms with Crippen LogP contribution in [0.15, 0.2) is 30.3 Å². The molecular weight excluding hydrogens is 420 g/mol. The lowest BCUT2D eigenvalue weighted by molar-refractivity contribution is 0.0600. The maximum Gasteiger partial charge on any atom is 0.337 e. The summed E-state index contributed by atoms with van der Waals surface area (Å²) in [5.41, 5.74) is 4.14. The number of aryl methyl sites for hydroxylation is 2. The second-order valence-electron chi connectivity index (χ2n) is 8.41. The Hall–Kier alpha value is -3.55. The second kappa shape index (κ2) is 9.52. The molecule has 0 unspecified atom stereocenters. The van der Waals surface area contributed by atoms with Crippen LogP contribution in [0.2, 0.25) is 0 Å². The Bertz CT molecular complexity index is 1160. The number of nitrogens with zero attached hydrogens (tertiary/aromatic N) is 2. The summed E-state index contributed by atoms with van der Waals surface area (Å²) < 4.78 is 17.5. The lowest BCUT2D eigenvalue weighted by Crippen LogP contribution is -2.40. The van der Waals surface area contributed by atoms with Gasteiger partial charge in [0.2, 0.25) is 0 Å². The largest absolute Gasteiger partial charge is 0.486 e. The van der Waals surface area contributed by atoms with Crippen molar-refractivity contribution < 1.29 is 19.0 Å². The first kappa shape index (κ1) is 22.6. The third kappa shape index (κ3) is 4.94. The van der Waals surface area contributed by atoms with Gasteiger partial charge in [0.1, 0.15) is 18.5 Å². The Balaban J connectivity index is 1.56. The highest BCUT2D eigenvalue weighted by molar-refractivity contribution is 5.89. The third-order valence-corrected chi connectivity index (χ3v) is 6.01. The molecule has 174 valence electrons. The van der Waals surface area contributed by atoms with E-state index in [1.165, 1.54) is 7.11 Å². The van der Waals surface area contributed by atoms with E-state index in [1.807, 2.05) is 39.0 Å². The van der Waals surface area contributed by atoms with E-state index < -0.39 is 0 Å². The number of methoxy groups -OCH3 is 1. The van der Waals surface area contributed by atoms with Crippen molar-refractivity contribution in [2.24, 2.45) is 0 Å². The van der Waals surface area contributed by atoms with Crippen LogP contribution >= 0.6 is 0 Å². The number of rotatable bonds is 6. The van der Waals surface area contributed by atoms with E-state index in [-0.39, 0.29) is 12.1 Å². The minimum absolute atomic E-state index is 0.0585. The fourth-order valence-electron chi connectivity index (χ4n) is 4.16. The predicted octanol–water partition coefficient (Wildman–Crippen LogP) is 4.39. The van der Waals surface area contributed by atoms with Crippen molar-refractivity contribution in [3.63, 3.8) is 0 Å². The highest BCUT2D eigenvalue weighted by Crippen LogP contribution is 2.38. The summed E-state index contributed by atoms with van der Waals surface area (Å²) in [4.78, 5) is 21.7. The lowest BCUT2D eigenvalue weighted by atomic mass is 10.1. The Morgan fingerprint density at radius 3 is 2.55 bits per heavy atom. The summed E-state index contributed by atoms with van der Waals surface area (Å²) in [6.45, 7) is 7.70. The molecule has 8 heteroatoms. The summed E-state index contributed by atoms with van der Waals surface area (Å²) in [6.07, 6.45) is 1.76. The van der Waals surface area contributed by atoms with Crippen LogP contribution in [-0.4, -0.2) is 53.0 Å². The standard InChI is InChI=1S/C25H30N4O4/c1-15-23-21(27-17(3)28-23)13-22(33-20-9-11-29(12-10-20)16(2)26)24(15)32-14-18-5-7-19(8-6-18)25(30)31-4/h5-8,13,20,26H,9-12,14H2,1-4H3,(H,27,28). The van der Waals surface area contributed by atoms with E-state index in [0.717, 1.165) is 53.9 Å². The number of nitrogens with one attached hydrogen (secondary N) is 2. The van der Waals surface area contributed by atoms with Gasteiger partial charge in [0.25, 0.3) is 0 Å². The van der Waals surface area contributed by atoms with E-state index >= 15 is 0 Å². The van der Waals surface area contributed by atoms with Crippen LogP contribution in [0.5, 0.6) is 11.5 Å². The van der Waals surface area contributed by atoms with Crippen LogP contribution in [0, 0.1) is 19.3 Å². The van der Waals surface area contributed by atoms with E-state index in [4.69, 9.17) is 19.6 Å². The van der Waals surface area contributed by atoms with Gasteiger partial charge in [-0.15, -0.1) is 0 Å². The van der Waals surface area contributed by atoms with Crippen LogP contribution in [0.1, 0.15) is 47.1 Å². The Morgan fingerprint density at radius 1 is 1.21 bits per heavy atom. The molecule has 3 aromatic rings. The zero-order chi connectivity index (χ0) is 23.5. The number of piperidine rings is 1. The fraction of sp³-hybridized carbons (Fsp3) is 0.400. The summed E-state index contributed by atoms with van der Waals surface area (Å²) >= 11 is 0. The van der Waals surface area contributed by atoms with Crippen molar-refractivity contribution in [1.29, 1.82) is 5.41 Å². The minimum Gasteiger partial charge on any atom is -0.486 e. The summed E-state index contributed by atoms with van der Waals surface area (Å²) in [5.74, 6) is 2.44. The van der Waals surface area contributed by atoms with Crippen LogP contribution in [-0.2, 0) is 11.3 Å². The molecule has 1 aliphatic heterocycles. The minimum atomic E-state index is -0.363. The van der Waals surface area contributed by atoms with Gasteiger partial charge in [0, 0.05) is 37.6 Å². The maximum absolute atomic E-state index is 11.7. The molecule has 1 aliphatic rings. The van der Waals surface area contributed by atoms with Crippen LogP contribution in [0.4, 0.5) is 0 Å². The molecule has 33 heavy (non-hydrogen) atoms. The molecule has 2 heterocycles. The first-order valence-corrected chi connectivity index (χ1v) is 11.1. The molecule has 0 amide bonds. The van der Waals surface area contributed by atoms with Crippen molar-refractivity contribution in [3.05, 3.63) is 52.8 Å². The zero-order valence-corrected chi connectivity index (χ0v) is 19.5. The normalized spacial score (nSPS) is 14.4.